The molecule has 0 saturated carbocycles. The summed E-state index contributed by atoms with van der Waals surface area (Å²) in [6.45, 7) is 7.76. The van der Waals surface area contributed by atoms with Crippen LogP contribution in [0.1, 0.15) is 37.3 Å². The van der Waals surface area contributed by atoms with Crippen LogP contribution in [-0.2, 0) is 25.5 Å². The molecule has 0 aliphatic carbocycles. The van der Waals surface area contributed by atoms with Crippen molar-refractivity contribution < 1.29 is 19.1 Å². The first-order valence-electron chi connectivity index (χ1n) is 7.53. The number of carbonyl (C=O) groups excluding carboxylic acids is 2. The predicted octanol–water partition coefficient (Wildman–Crippen LogP) is 3.37. The summed E-state index contributed by atoms with van der Waals surface area (Å²) in [6, 6.07) is 8.30. The highest BCUT2D eigenvalue weighted by molar-refractivity contribution is 5.86. The van der Waals surface area contributed by atoms with Crippen LogP contribution < -0.4 is 0 Å². The summed E-state index contributed by atoms with van der Waals surface area (Å²) >= 11 is 0. The summed E-state index contributed by atoms with van der Waals surface area (Å²) in [5.74, 6) is -0.679. The summed E-state index contributed by atoms with van der Waals surface area (Å²) in [5.41, 5.74) is 2.85. The third-order valence-corrected chi connectivity index (χ3v) is 3.06. The maximum atomic E-state index is 11.5. The molecule has 0 aliphatic heterocycles. The Morgan fingerprint density at radius 1 is 1.14 bits per heavy atom. The summed E-state index contributed by atoms with van der Waals surface area (Å²) < 4.78 is 10.1. The highest BCUT2D eigenvalue weighted by Crippen LogP contribution is 2.07. The van der Waals surface area contributed by atoms with E-state index < -0.39 is 5.97 Å². The second-order valence-electron chi connectivity index (χ2n) is 5.33. The standard InChI is InChI=1S/C18H24O4/c1-14(2)18(20)22-12-6-10-17(19)21-11-5-9-16-8-4-7-15(3)13-16/h4,7-8,13H,1,5-6,9-12H2,2-3H3. The Bertz CT molecular complexity index is 520. The average molecular weight is 304 g/mol. The maximum absolute atomic E-state index is 11.5. The van der Waals surface area contributed by atoms with Crippen LogP contribution in [0.3, 0.4) is 0 Å². The number of rotatable bonds is 9. The van der Waals surface area contributed by atoms with Crippen LogP contribution in [-0.4, -0.2) is 25.2 Å². The van der Waals surface area contributed by atoms with E-state index in [2.05, 4.69) is 31.7 Å². The van der Waals surface area contributed by atoms with Gasteiger partial charge in [-0.1, -0.05) is 36.4 Å². The number of hydrogen-bond acceptors (Lipinski definition) is 4. The van der Waals surface area contributed by atoms with Crippen molar-refractivity contribution in [2.75, 3.05) is 13.2 Å². The molecule has 4 nitrogen and oxygen atoms in total. The zero-order valence-corrected chi connectivity index (χ0v) is 13.4. The third-order valence-electron chi connectivity index (χ3n) is 3.06. The first-order valence-corrected chi connectivity index (χ1v) is 7.53. The van der Waals surface area contributed by atoms with Gasteiger partial charge in [-0.2, -0.15) is 0 Å². The highest BCUT2D eigenvalue weighted by atomic mass is 16.5. The van der Waals surface area contributed by atoms with Gasteiger partial charge in [0.25, 0.3) is 0 Å². The SMILES string of the molecule is C=C(C)C(=O)OCCCC(=O)OCCCc1cccc(C)c1. The lowest BCUT2D eigenvalue weighted by molar-refractivity contribution is -0.146. The smallest absolute Gasteiger partial charge is 0.333 e. The minimum Gasteiger partial charge on any atom is -0.466 e. The number of ether oxygens (including phenoxy) is 2. The molecule has 1 rings (SSSR count). The van der Waals surface area contributed by atoms with E-state index in [1.165, 1.54) is 11.1 Å². The van der Waals surface area contributed by atoms with E-state index in [0.29, 0.717) is 18.6 Å². The number of carbonyl (C=O) groups is 2. The number of esters is 2. The molecular weight excluding hydrogens is 280 g/mol. The van der Waals surface area contributed by atoms with E-state index in [9.17, 15) is 9.59 Å². The van der Waals surface area contributed by atoms with E-state index in [0.717, 1.165) is 12.8 Å². The van der Waals surface area contributed by atoms with Crippen molar-refractivity contribution >= 4 is 11.9 Å². The Morgan fingerprint density at radius 2 is 1.86 bits per heavy atom. The largest absolute Gasteiger partial charge is 0.466 e. The van der Waals surface area contributed by atoms with Gasteiger partial charge in [-0.3, -0.25) is 4.79 Å². The molecule has 22 heavy (non-hydrogen) atoms. The molecule has 4 heteroatoms. The molecule has 0 saturated heterocycles. The van der Waals surface area contributed by atoms with Gasteiger partial charge in [0.1, 0.15) is 0 Å². The fourth-order valence-corrected chi connectivity index (χ4v) is 1.91. The minimum absolute atomic E-state index is 0.212. The van der Waals surface area contributed by atoms with Gasteiger partial charge in [-0.05, 0) is 38.7 Å². The lowest BCUT2D eigenvalue weighted by atomic mass is 10.1. The summed E-state index contributed by atoms with van der Waals surface area (Å²) in [7, 11) is 0. The van der Waals surface area contributed by atoms with Gasteiger partial charge in [-0.25, -0.2) is 4.79 Å². The molecule has 0 heterocycles. The second-order valence-corrected chi connectivity index (χ2v) is 5.33. The second kappa shape index (κ2) is 9.77. The Hall–Kier alpha value is -2.10. The zero-order valence-electron chi connectivity index (χ0n) is 13.4. The summed E-state index contributed by atoms with van der Waals surface area (Å²) in [6.07, 6.45) is 2.43. The van der Waals surface area contributed by atoms with Crippen LogP contribution in [0.25, 0.3) is 0 Å². The van der Waals surface area contributed by atoms with Crippen molar-refractivity contribution in [3.05, 3.63) is 47.5 Å². The van der Waals surface area contributed by atoms with E-state index in [4.69, 9.17) is 9.47 Å². The van der Waals surface area contributed by atoms with Crippen molar-refractivity contribution in [2.45, 2.75) is 39.5 Å². The van der Waals surface area contributed by atoms with Crippen LogP contribution in [0.15, 0.2) is 36.4 Å². The van der Waals surface area contributed by atoms with Crippen molar-refractivity contribution in [1.29, 1.82) is 0 Å². The third kappa shape index (κ3) is 7.62. The van der Waals surface area contributed by atoms with Crippen molar-refractivity contribution in [2.24, 2.45) is 0 Å². The van der Waals surface area contributed by atoms with E-state index >= 15 is 0 Å². The molecule has 0 spiro atoms. The van der Waals surface area contributed by atoms with Crippen molar-refractivity contribution in [3.8, 4) is 0 Å². The van der Waals surface area contributed by atoms with E-state index in [1.807, 2.05) is 6.07 Å². The first-order chi connectivity index (χ1) is 10.5. The molecule has 0 bridgehead atoms. The zero-order chi connectivity index (χ0) is 16.4. The first kappa shape index (κ1) is 18.0. The predicted molar refractivity (Wildman–Crippen MR) is 85.5 cm³/mol. The fourth-order valence-electron chi connectivity index (χ4n) is 1.91. The van der Waals surface area contributed by atoms with Gasteiger partial charge in [0, 0.05) is 12.0 Å². The number of hydrogen-bond donors (Lipinski definition) is 0. The Kier molecular flexibility index (Phi) is 7.97. The molecular formula is C18H24O4. The van der Waals surface area contributed by atoms with Gasteiger partial charge in [0.15, 0.2) is 0 Å². The lowest BCUT2D eigenvalue weighted by Gasteiger charge is -2.06. The maximum Gasteiger partial charge on any atom is 0.333 e. The van der Waals surface area contributed by atoms with Crippen LogP contribution in [0, 0.1) is 6.92 Å². The molecule has 0 aliphatic rings. The molecule has 0 atom stereocenters. The minimum atomic E-state index is -0.425. The molecule has 1 aromatic carbocycles. The fraction of sp³-hybridized carbons (Fsp3) is 0.444. The quantitative estimate of drug-likeness (QED) is 0.399. The van der Waals surface area contributed by atoms with Gasteiger partial charge >= 0.3 is 11.9 Å². The van der Waals surface area contributed by atoms with Crippen molar-refractivity contribution in [1.82, 2.24) is 0 Å². The van der Waals surface area contributed by atoms with Gasteiger partial charge in [-0.15, -0.1) is 0 Å². The Morgan fingerprint density at radius 3 is 2.55 bits per heavy atom. The number of benzene rings is 1. The molecule has 120 valence electrons. The van der Waals surface area contributed by atoms with Crippen molar-refractivity contribution in [3.63, 3.8) is 0 Å². The normalized spacial score (nSPS) is 10.1. The molecule has 0 radical (unpaired) electrons. The van der Waals surface area contributed by atoms with Gasteiger partial charge in [0.05, 0.1) is 13.2 Å². The highest BCUT2D eigenvalue weighted by Gasteiger charge is 2.06. The Balaban J connectivity index is 2.06. The average Bonchev–Trinajstić information content (AvgIpc) is 2.48. The molecule has 0 fully saturated rings. The van der Waals surface area contributed by atoms with Crippen LogP contribution in [0.5, 0.6) is 0 Å². The Labute approximate surface area is 132 Å². The molecule has 0 N–H and O–H groups in total. The number of aryl methyl sites for hydroxylation is 2. The molecule has 1 aromatic rings. The monoisotopic (exact) mass is 304 g/mol. The van der Waals surface area contributed by atoms with Gasteiger partial charge < -0.3 is 9.47 Å². The van der Waals surface area contributed by atoms with E-state index in [1.54, 1.807) is 6.92 Å². The molecule has 0 aromatic heterocycles. The molecule has 0 amide bonds. The lowest BCUT2D eigenvalue weighted by Crippen LogP contribution is -2.10. The summed E-state index contributed by atoms with van der Waals surface area (Å²) in [4.78, 5) is 22.6. The summed E-state index contributed by atoms with van der Waals surface area (Å²) in [5, 5.41) is 0. The van der Waals surface area contributed by atoms with Crippen LogP contribution >= 0.6 is 0 Å². The van der Waals surface area contributed by atoms with E-state index in [-0.39, 0.29) is 19.0 Å². The van der Waals surface area contributed by atoms with Gasteiger partial charge in [0.2, 0.25) is 0 Å². The topological polar surface area (TPSA) is 52.6 Å². The van der Waals surface area contributed by atoms with Crippen LogP contribution in [0.2, 0.25) is 0 Å². The van der Waals surface area contributed by atoms with Crippen LogP contribution in [0.4, 0.5) is 0 Å². The molecule has 0 unspecified atom stereocenters.